The van der Waals surface area contributed by atoms with Gasteiger partial charge in [-0.2, -0.15) is 0 Å². The van der Waals surface area contributed by atoms with E-state index in [1.54, 1.807) is 0 Å². The highest BCUT2D eigenvalue weighted by atomic mass is 16.7. The third-order valence-corrected chi connectivity index (χ3v) is 1.52. The van der Waals surface area contributed by atoms with Crippen LogP contribution in [0.4, 0.5) is 0 Å². The Kier molecular flexibility index (Phi) is 2.18. The van der Waals surface area contributed by atoms with Gasteiger partial charge in [-0.25, -0.2) is 0 Å². The molecule has 1 aliphatic heterocycles. The molecule has 0 aromatic heterocycles. The highest BCUT2D eigenvalue weighted by Gasteiger charge is 2.31. The molecule has 0 aromatic rings. The van der Waals surface area contributed by atoms with Crippen molar-refractivity contribution in [2.75, 3.05) is 6.61 Å². The van der Waals surface area contributed by atoms with Gasteiger partial charge in [0, 0.05) is 5.41 Å². The van der Waals surface area contributed by atoms with Crippen molar-refractivity contribution in [3.63, 3.8) is 0 Å². The van der Waals surface area contributed by atoms with E-state index in [0.29, 0.717) is 13.0 Å². The molecular weight excluding hydrogens is 144 g/mol. The van der Waals surface area contributed by atoms with Crippen molar-refractivity contribution in [3.05, 3.63) is 0 Å². The van der Waals surface area contributed by atoms with Crippen molar-refractivity contribution in [2.45, 2.75) is 33.5 Å². The van der Waals surface area contributed by atoms with Gasteiger partial charge >= 0.3 is 5.97 Å². The van der Waals surface area contributed by atoms with Crippen LogP contribution < -0.4 is 0 Å². The quantitative estimate of drug-likeness (QED) is 0.499. The van der Waals surface area contributed by atoms with E-state index in [2.05, 4.69) is 0 Å². The van der Waals surface area contributed by atoms with Gasteiger partial charge in [-0.1, -0.05) is 20.8 Å². The van der Waals surface area contributed by atoms with E-state index in [1.807, 2.05) is 20.8 Å². The number of cyclic esters (lactones) is 1. The topological polar surface area (TPSA) is 35.5 Å². The SMILES string of the molecule is CC(C)(C)[C@@H]1OCCC(=O)O1. The van der Waals surface area contributed by atoms with E-state index in [0.717, 1.165) is 0 Å². The first-order chi connectivity index (χ1) is 5.00. The average molecular weight is 158 g/mol. The van der Waals surface area contributed by atoms with Gasteiger partial charge in [0.1, 0.15) is 0 Å². The molecule has 0 amide bonds. The maximum absolute atomic E-state index is 10.8. The molecule has 1 fully saturated rings. The minimum atomic E-state index is -0.372. The Labute approximate surface area is 66.7 Å². The molecular formula is C8H14O3. The zero-order chi connectivity index (χ0) is 8.48. The largest absolute Gasteiger partial charge is 0.435 e. The minimum Gasteiger partial charge on any atom is -0.435 e. The predicted molar refractivity (Wildman–Crippen MR) is 39.9 cm³/mol. The minimum absolute atomic E-state index is 0.115. The third kappa shape index (κ3) is 2.19. The van der Waals surface area contributed by atoms with Crippen molar-refractivity contribution in [1.29, 1.82) is 0 Å². The second kappa shape index (κ2) is 2.81. The highest BCUT2D eigenvalue weighted by molar-refractivity contribution is 5.70. The van der Waals surface area contributed by atoms with Crippen LogP contribution in [0.15, 0.2) is 0 Å². The first-order valence-electron chi connectivity index (χ1n) is 3.81. The Balaban J connectivity index is 2.53. The maximum atomic E-state index is 10.8. The normalized spacial score (nSPS) is 26.5. The summed E-state index contributed by atoms with van der Waals surface area (Å²) in [5.41, 5.74) is -0.115. The monoisotopic (exact) mass is 158 g/mol. The fourth-order valence-corrected chi connectivity index (χ4v) is 0.888. The number of rotatable bonds is 0. The summed E-state index contributed by atoms with van der Waals surface area (Å²) in [6.07, 6.45) is 0.01000. The van der Waals surface area contributed by atoms with Crippen molar-refractivity contribution in [1.82, 2.24) is 0 Å². The van der Waals surface area contributed by atoms with Crippen molar-refractivity contribution < 1.29 is 14.3 Å². The second-order valence-corrected chi connectivity index (χ2v) is 3.81. The molecule has 1 heterocycles. The van der Waals surface area contributed by atoms with E-state index >= 15 is 0 Å². The number of esters is 1. The molecule has 3 heteroatoms. The summed E-state index contributed by atoms with van der Waals surface area (Å²) >= 11 is 0. The highest BCUT2D eigenvalue weighted by Crippen LogP contribution is 2.25. The fraction of sp³-hybridized carbons (Fsp3) is 0.875. The van der Waals surface area contributed by atoms with E-state index in [9.17, 15) is 4.79 Å². The van der Waals surface area contributed by atoms with Crippen molar-refractivity contribution in [2.24, 2.45) is 5.41 Å². The molecule has 1 atom stereocenters. The summed E-state index contributed by atoms with van der Waals surface area (Å²) in [5.74, 6) is -0.156. The molecule has 0 aromatic carbocycles. The number of hydrogen-bond donors (Lipinski definition) is 0. The Morgan fingerprint density at radius 1 is 1.45 bits per heavy atom. The van der Waals surface area contributed by atoms with Crippen molar-refractivity contribution >= 4 is 5.97 Å². The molecule has 0 spiro atoms. The van der Waals surface area contributed by atoms with Gasteiger partial charge in [-0.3, -0.25) is 4.79 Å². The van der Waals surface area contributed by atoms with Gasteiger partial charge in [0.15, 0.2) is 0 Å². The first kappa shape index (κ1) is 8.53. The second-order valence-electron chi connectivity index (χ2n) is 3.81. The van der Waals surface area contributed by atoms with Gasteiger partial charge in [0.25, 0.3) is 0 Å². The summed E-state index contributed by atoms with van der Waals surface area (Å²) in [4.78, 5) is 10.8. The lowest BCUT2D eigenvalue weighted by atomic mass is 9.95. The molecule has 0 unspecified atom stereocenters. The molecule has 0 radical (unpaired) electrons. The van der Waals surface area contributed by atoms with Gasteiger partial charge in [-0.15, -0.1) is 0 Å². The zero-order valence-corrected chi connectivity index (χ0v) is 7.22. The van der Waals surface area contributed by atoms with Crippen LogP contribution in [-0.2, 0) is 14.3 Å². The maximum Gasteiger partial charge on any atom is 0.310 e. The summed E-state index contributed by atoms with van der Waals surface area (Å²) in [5, 5.41) is 0. The zero-order valence-electron chi connectivity index (χ0n) is 7.22. The average Bonchev–Trinajstić information content (AvgIpc) is 1.86. The molecule has 0 bridgehead atoms. The fourth-order valence-electron chi connectivity index (χ4n) is 0.888. The molecule has 1 saturated heterocycles. The van der Waals surface area contributed by atoms with Crippen LogP contribution in [0.25, 0.3) is 0 Å². The van der Waals surface area contributed by atoms with Crippen LogP contribution in [-0.4, -0.2) is 18.9 Å². The number of carbonyl (C=O) groups is 1. The lowest BCUT2D eigenvalue weighted by Crippen LogP contribution is -2.38. The van der Waals surface area contributed by atoms with Gasteiger partial charge in [0.2, 0.25) is 6.29 Å². The van der Waals surface area contributed by atoms with Crippen LogP contribution in [0.3, 0.4) is 0 Å². The first-order valence-corrected chi connectivity index (χ1v) is 3.81. The van der Waals surface area contributed by atoms with Crippen LogP contribution in [0.1, 0.15) is 27.2 Å². The number of carbonyl (C=O) groups excluding carboxylic acids is 1. The lowest BCUT2D eigenvalue weighted by Gasteiger charge is -2.32. The summed E-state index contributed by atoms with van der Waals surface area (Å²) < 4.78 is 10.3. The van der Waals surface area contributed by atoms with Gasteiger partial charge in [-0.05, 0) is 0 Å². The standard InChI is InChI=1S/C8H14O3/c1-8(2,3)7-10-5-4-6(9)11-7/h7H,4-5H2,1-3H3/t7-/m1/s1. The Morgan fingerprint density at radius 3 is 2.45 bits per heavy atom. The summed E-state index contributed by atoms with van der Waals surface area (Å²) in [6, 6.07) is 0. The molecule has 11 heavy (non-hydrogen) atoms. The molecule has 1 aliphatic rings. The molecule has 0 N–H and O–H groups in total. The molecule has 0 aliphatic carbocycles. The Morgan fingerprint density at radius 2 is 2.09 bits per heavy atom. The summed E-state index contributed by atoms with van der Waals surface area (Å²) in [6.45, 7) is 6.43. The smallest absolute Gasteiger partial charge is 0.310 e. The number of hydrogen-bond acceptors (Lipinski definition) is 3. The van der Waals surface area contributed by atoms with Crippen LogP contribution in [0.5, 0.6) is 0 Å². The number of ether oxygens (including phenoxy) is 2. The predicted octanol–water partition coefficient (Wildman–Crippen LogP) is 1.32. The van der Waals surface area contributed by atoms with E-state index in [-0.39, 0.29) is 17.7 Å². The van der Waals surface area contributed by atoms with E-state index in [4.69, 9.17) is 9.47 Å². The molecule has 3 nitrogen and oxygen atoms in total. The van der Waals surface area contributed by atoms with Crippen LogP contribution in [0, 0.1) is 5.41 Å². The lowest BCUT2D eigenvalue weighted by molar-refractivity contribution is -0.223. The Bertz CT molecular complexity index is 157. The van der Waals surface area contributed by atoms with Gasteiger partial charge in [0.05, 0.1) is 13.0 Å². The van der Waals surface area contributed by atoms with Crippen molar-refractivity contribution in [3.8, 4) is 0 Å². The van der Waals surface area contributed by atoms with Crippen LogP contribution >= 0.6 is 0 Å². The molecule has 1 rings (SSSR count). The third-order valence-electron chi connectivity index (χ3n) is 1.52. The Hall–Kier alpha value is -0.570. The summed E-state index contributed by atoms with van der Waals surface area (Å²) in [7, 11) is 0. The molecule has 64 valence electrons. The van der Waals surface area contributed by atoms with Gasteiger partial charge < -0.3 is 9.47 Å². The van der Waals surface area contributed by atoms with E-state index in [1.165, 1.54) is 0 Å². The molecule has 0 saturated carbocycles. The van der Waals surface area contributed by atoms with Crippen LogP contribution in [0.2, 0.25) is 0 Å². The van der Waals surface area contributed by atoms with E-state index < -0.39 is 0 Å².